The quantitative estimate of drug-likeness (QED) is 0.774. The summed E-state index contributed by atoms with van der Waals surface area (Å²) >= 11 is 0. The van der Waals surface area contributed by atoms with E-state index >= 15 is 0 Å². The largest absolute Gasteiger partial charge is 0.396 e. The van der Waals surface area contributed by atoms with Crippen LogP contribution in [-0.2, 0) is 6.42 Å². The van der Waals surface area contributed by atoms with E-state index in [4.69, 9.17) is 5.11 Å². The highest BCUT2D eigenvalue weighted by Gasteiger charge is 2.18. The van der Waals surface area contributed by atoms with Crippen LogP contribution in [0, 0.1) is 5.82 Å². The van der Waals surface area contributed by atoms with E-state index in [2.05, 4.69) is 4.90 Å². The van der Waals surface area contributed by atoms with Crippen molar-refractivity contribution in [3.63, 3.8) is 0 Å². The fraction of sp³-hybridized carbons (Fsp3) is 0.538. The van der Waals surface area contributed by atoms with E-state index in [0.717, 1.165) is 44.5 Å². The molecule has 1 N–H and O–H groups in total. The molecule has 0 unspecified atom stereocenters. The molecule has 1 aliphatic rings. The summed E-state index contributed by atoms with van der Waals surface area (Å²) in [6.07, 6.45) is 3.99. The van der Waals surface area contributed by atoms with Crippen molar-refractivity contribution in [3.8, 4) is 0 Å². The zero-order valence-electron chi connectivity index (χ0n) is 9.45. The Balaban J connectivity index is 1.92. The van der Waals surface area contributed by atoms with E-state index < -0.39 is 0 Å². The number of aliphatic hydroxyl groups is 1. The third-order valence-corrected chi connectivity index (χ3v) is 3.13. The number of hydrogen-bond donors (Lipinski definition) is 1. The Morgan fingerprint density at radius 2 is 2.12 bits per heavy atom. The number of unbranched alkanes of at least 4 members (excludes halogenated alkanes) is 2. The van der Waals surface area contributed by atoms with Crippen LogP contribution >= 0.6 is 0 Å². The van der Waals surface area contributed by atoms with Gasteiger partial charge in [-0.15, -0.1) is 0 Å². The molecular formula is C13H18FNO. The molecule has 0 saturated carbocycles. The third-order valence-electron chi connectivity index (χ3n) is 3.13. The molecule has 16 heavy (non-hydrogen) atoms. The van der Waals surface area contributed by atoms with Crippen molar-refractivity contribution in [1.29, 1.82) is 0 Å². The fourth-order valence-electron chi connectivity index (χ4n) is 2.24. The van der Waals surface area contributed by atoms with Gasteiger partial charge in [0.25, 0.3) is 0 Å². The van der Waals surface area contributed by atoms with Gasteiger partial charge < -0.3 is 10.0 Å². The van der Waals surface area contributed by atoms with E-state index in [9.17, 15) is 4.39 Å². The average molecular weight is 223 g/mol. The fourth-order valence-corrected chi connectivity index (χ4v) is 2.24. The van der Waals surface area contributed by atoms with Gasteiger partial charge in [0.15, 0.2) is 0 Å². The van der Waals surface area contributed by atoms with Crippen LogP contribution in [0.4, 0.5) is 10.1 Å². The Kier molecular flexibility index (Phi) is 3.78. The van der Waals surface area contributed by atoms with Gasteiger partial charge >= 0.3 is 0 Å². The van der Waals surface area contributed by atoms with Crippen LogP contribution in [-0.4, -0.2) is 24.8 Å². The zero-order valence-corrected chi connectivity index (χ0v) is 9.45. The number of hydrogen-bond acceptors (Lipinski definition) is 2. The minimum absolute atomic E-state index is 0.152. The molecule has 0 radical (unpaired) electrons. The molecule has 1 aliphatic heterocycles. The molecule has 0 saturated heterocycles. The van der Waals surface area contributed by atoms with Crippen molar-refractivity contribution >= 4 is 5.69 Å². The molecule has 2 rings (SSSR count). The zero-order chi connectivity index (χ0) is 11.4. The first kappa shape index (κ1) is 11.4. The smallest absolute Gasteiger partial charge is 0.125 e. The molecule has 0 aliphatic carbocycles. The van der Waals surface area contributed by atoms with Crippen LogP contribution in [0.3, 0.4) is 0 Å². The van der Waals surface area contributed by atoms with Crippen LogP contribution in [0.5, 0.6) is 0 Å². The molecular weight excluding hydrogens is 205 g/mol. The van der Waals surface area contributed by atoms with E-state index in [1.165, 1.54) is 11.6 Å². The van der Waals surface area contributed by atoms with Gasteiger partial charge in [0.2, 0.25) is 0 Å². The minimum atomic E-state index is -0.152. The van der Waals surface area contributed by atoms with Gasteiger partial charge in [0.1, 0.15) is 5.82 Å². The number of aliphatic hydroxyl groups excluding tert-OH is 1. The summed E-state index contributed by atoms with van der Waals surface area (Å²) in [5, 5.41) is 8.69. The maximum atomic E-state index is 13.1. The molecule has 0 spiro atoms. The van der Waals surface area contributed by atoms with Crippen molar-refractivity contribution in [2.24, 2.45) is 0 Å². The summed E-state index contributed by atoms with van der Waals surface area (Å²) in [4.78, 5) is 2.25. The van der Waals surface area contributed by atoms with Gasteiger partial charge in [0, 0.05) is 25.4 Å². The molecule has 0 aromatic heterocycles. The van der Waals surface area contributed by atoms with E-state index in [-0.39, 0.29) is 12.4 Å². The summed E-state index contributed by atoms with van der Waals surface area (Å²) in [5.74, 6) is -0.152. The molecule has 0 bridgehead atoms. The predicted molar refractivity (Wildman–Crippen MR) is 63.3 cm³/mol. The monoisotopic (exact) mass is 223 g/mol. The van der Waals surface area contributed by atoms with Crippen molar-refractivity contribution in [3.05, 3.63) is 29.6 Å². The van der Waals surface area contributed by atoms with Crippen molar-refractivity contribution in [2.45, 2.75) is 25.7 Å². The van der Waals surface area contributed by atoms with Gasteiger partial charge in [0.05, 0.1) is 0 Å². The molecule has 1 aromatic rings. The lowest BCUT2D eigenvalue weighted by Crippen LogP contribution is -2.21. The maximum absolute atomic E-state index is 13.1. The van der Waals surface area contributed by atoms with Crippen LogP contribution in [0.1, 0.15) is 24.8 Å². The van der Waals surface area contributed by atoms with E-state index in [0.29, 0.717) is 0 Å². The van der Waals surface area contributed by atoms with Gasteiger partial charge in [-0.1, -0.05) is 6.07 Å². The van der Waals surface area contributed by atoms with Gasteiger partial charge in [-0.3, -0.25) is 0 Å². The Morgan fingerprint density at radius 3 is 2.94 bits per heavy atom. The second kappa shape index (κ2) is 5.30. The predicted octanol–water partition coefficient (Wildman–Crippen LogP) is 2.35. The molecule has 1 aromatic carbocycles. The maximum Gasteiger partial charge on any atom is 0.125 e. The number of benzene rings is 1. The summed E-state index contributed by atoms with van der Waals surface area (Å²) in [7, 11) is 0. The lowest BCUT2D eigenvalue weighted by Gasteiger charge is -2.19. The van der Waals surface area contributed by atoms with Crippen LogP contribution in [0.2, 0.25) is 0 Å². The van der Waals surface area contributed by atoms with Gasteiger partial charge in [-0.2, -0.15) is 0 Å². The molecule has 0 amide bonds. The first-order chi connectivity index (χ1) is 7.81. The van der Waals surface area contributed by atoms with Crippen molar-refractivity contribution in [2.75, 3.05) is 24.6 Å². The van der Waals surface area contributed by atoms with Gasteiger partial charge in [-0.25, -0.2) is 4.39 Å². The second-order valence-corrected chi connectivity index (χ2v) is 4.29. The van der Waals surface area contributed by atoms with Crippen LogP contribution in [0.25, 0.3) is 0 Å². The Hall–Kier alpha value is -1.09. The number of rotatable bonds is 5. The van der Waals surface area contributed by atoms with Crippen LogP contribution < -0.4 is 4.90 Å². The normalized spacial score (nSPS) is 14.2. The first-order valence-electron chi connectivity index (χ1n) is 5.95. The number of anilines is 1. The first-order valence-corrected chi connectivity index (χ1v) is 5.95. The summed E-state index contributed by atoms with van der Waals surface area (Å²) < 4.78 is 13.1. The molecule has 3 heteroatoms. The highest BCUT2D eigenvalue weighted by molar-refractivity contribution is 5.57. The van der Waals surface area contributed by atoms with Crippen molar-refractivity contribution < 1.29 is 9.50 Å². The second-order valence-electron chi connectivity index (χ2n) is 4.29. The molecule has 88 valence electrons. The average Bonchev–Trinajstić information content (AvgIpc) is 2.67. The SMILES string of the molecule is OCCCCCN1CCc2ccc(F)cc21. The summed E-state index contributed by atoms with van der Waals surface area (Å²) in [6, 6.07) is 5.06. The number of fused-ring (bicyclic) bond motifs is 1. The lowest BCUT2D eigenvalue weighted by atomic mass is 10.1. The highest BCUT2D eigenvalue weighted by atomic mass is 19.1. The molecule has 1 heterocycles. The molecule has 0 fully saturated rings. The Morgan fingerprint density at radius 1 is 1.25 bits per heavy atom. The Bertz CT molecular complexity index is 354. The summed E-state index contributed by atoms with van der Waals surface area (Å²) in [5.41, 5.74) is 2.31. The third kappa shape index (κ3) is 2.53. The standard InChI is InChI=1S/C13H18FNO/c14-12-5-4-11-6-8-15(13(11)10-12)7-2-1-3-9-16/h4-5,10,16H,1-3,6-9H2. The molecule has 2 nitrogen and oxygen atoms in total. The van der Waals surface area contributed by atoms with Crippen LogP contribution in [0.15, 0.2) is 18.2 Å². The topological polar surface area (TPSA) is 23.5 Å². The van der Waals surface area contributed by atoms with Gasteiger partial charge in [-0.05, 0) is 43.4 Å². The lowest BCUT2D eigenvalue weighted by molar-refractivity contribution is 0.283. The van der Waals surface area contributed by atoms with E-state index in [1.807, 2.05) is 6.07 Å². The summed E-state index contributed by atoms with van der Waals surface area (Å²) in [6.45, 7) is 2.24. The number of nitrogens with zero attached hydrogens (tertiary/aromatic N) is 1. The minimum Gasteiger partial charge on any atom is -0.396 e. The number of halogens is 1. The van der Waals surface area contributed by atoms with Crippen molar-refractivity contribution in [1.82, 2.24) is 0 Å². The van der Waals surface area contributed by atoms with E-state index in [1.54, 1.807) is 6.07 Å². The molecule has 0 atom stereocenters. The highest BCUT2D eigenvalue weighted by Crippen LogP contribution is 2.28. The Labute approximate surface area is 95.7 Å².